The molecule has 0 aliphatic carbocycles. The highest BCUT2D eigenvalue weighted by molar-refractivity contribution is 9.10. The van der Waals surface area contributed by atoms with Crippen LogP contribution in [0.5, 0.6) is 0 Å². The first kappa shape index (κ1) is 16.9. The van der Waals surface area contributed by atoms with Gasteiger partial charge in [0.15, 0.2) is 0 Å². The van der Waals surface area contributed by atoms with Crippen LogP contribution in [0.2, 0.25) is 0 Å². The van der Waals surface area contributed by atoms with Gasteiger partial charge in [0.25, 0.3) is 5.91 Å². The fourth-order valence-corrected chi connectivity index (χ4v) is 2.46. The Hall–Kier alpha value is -2.45. The molecule has 0 radical (unpaired) electrons. The van der Waals surface area contributed by atoms with Crippen molar-refractivity contribution < 1.29 is 9.18 Å². The van der Waals surface area contributed by atoms with Crippen molar-refractivity contribution in [3.05, 3.63) is 69.0 Å². The van der Waals surface area contributed by atoms with E-state index >= 15 is 0 Å². The van der Waals surface area contributed by atoms with Crippen molar-refractivity contribution in [3.8, 4) is 6.07 Å². The number of carbonyl (C=O) groups excluding carboxylic acids is 1. The molecule has 0 unspecified atom stereocenters. The highest BCUT2D eigenvalue weighted by Gasteiger charge is 2.11. The second-order valence-electron chi connectivity index (χ2n) is 5.12. The topological polar surface area (TPSA) is 52.9 Å². The average molecular weight is 373 g/mol. The van der Waals surface area contributed by atoms with Crippen LogP contribution in [0.4, 0.5) is 10.1 Å². The quantitative estimate of drug-likeness (QED) is 0.624. The first-order chi connectivity index (χ1) is 10.9. The lowest BCUT2D eigenvalue weighted by Gasteiger charge is -2.08. The summed E-state index contributed by atoms with van der Waals surface area (Å²) >= 11 is 3.08. The van der Waals surface area contributed by atoms with Crippen LogP contribution in [0.1, 0.15) is 16.7 Å². The molecule has 0 aliphatic rings. The van der Waals surface area contributed by atoms with Gasteiger partial charge in [-0.2, -0.15) is 5.26 Å². The second kappa shape index (κ2) is 7.21. The van der Waals surface area contributed by atoms with Crippen LogP contribution in [-0.2, 0) is 4.79 Å². The third-order valence-electron chi connectivity index (χ3n) is 3.25. The average Bonchev–Trinajstić information content (AvgIpc) is 2.51. The zero-order valence-corrected chi connectivity index (χ0v) is 14.2. The fourth-order valence-electron chi connectivity index (χ4n) is 2.06. The van der Waals surface area contributed by atoms with Gasteiger partial charge < -0.3 is 5.32 Å². The lowest BCUT2D eigenvalue weighted by atomic mass is 10.1. The zero-order chi connectivity index (χ0) is 17.0. The van der Waals surface area contributed by atoms with Crippen LogP contribution in [0, 0.1) is 31.0 Å². The van der Waals surface area contributed by atoms with E-state index in [1.54, 1.807) is 6.07 Å². The Morgan fingerprint density at radius 3 is 2.61 bits per heavy atom. The van der Waals surface area contributed by atoms with E-state index in [1.807, 2.05) is 32.0 Å². The first-order valence-electron chi connectivity index (χ1n) is 6.86. The summed E-state index contributed by atoms with van der Waals surface area (Å²) in [6, 6.07) is 11.8. The van der Waals surface area contributed by atoms with Gasteiger partial charge >= 0.3 is 0 Å². The molecule has 23 heavy (non-hydrogen) atoms. The summed E-state index contributed by atoms with van der Waals surface area (Å²) < 4.78 is 13.5. The Balaban J connectivity index is 2.26. The highest BCUT2D eigenvalue weighted by Crippen LogP contribution is 2.20. The molecule has 0 aromatic heterocycles. The van der Waals surface area contributed by atoms with Gasteiger partial charge in [-0.05, 0) is 65.2 Å². The maximum atomic E-state index is 13.2. The lowest BCUT2D eigenvalue weighted by molar-refractivity contribution is -0.112. The molecule has 0 aliphatic heterocycles. The van der Waals surface area contributed by atoms with Gasteiger partial charge in [0, 0.05) is 5.69 Å². The maximum Gasteiger partial charge on any atom is 0.266 e. The van der Waals surface area contributed by atoms with Crippen LogP contribution < -0.4 is 5.32 Å². The van der Waals surface area contributed by atoms with E-state index in [9.17, 15) is 14.4 Å². The predicted octanol–water partition coefficient (Wildman–Crippen LogP) is 4.75. The summed E-state index contributed by atoms with van der Waals surface area (Å²) in [6.45, 7) is 3.85. The van der Waals surface area contributed by atoms with Crippen molar-refractivity contribution in [1.29, 1.82) is 5.26 Å². The molecule has 0 heterocycles. The summed E-state index contributed by atoms with van der Waals surface area (Å²) in [4.78, 5) is 12.2. The zero-order valence-electron chi connectivity index (χ0n) is 12.7. The van der Waals surface area contributed by atoms with Crippen molar-refractivity contribution in [2.24, 2.45) is 0 Å². The van der Waals surface area contributed by atoms with Crippen molar-refractivity contribution in [2.75, 3.05) is 5.32 Å². The summed E-state index contributed by atoms with van der Waals surface area (Å²) in [5.74, 6) is -0.903. The number of halogens is 2. The van der Waals surface area contributed by atoms with E-state index in [4.69, 9.17) is 0 Å². The number of aryl methyl sites for hydroxylation is 2. The van der Waals surface area contributed by atoms with Crippen LogP contribution >= 0.6 is 15.9 Å². The summed E-state index contributed by atoms with van der Waals surface area (Å²) in [6.07, 6.45) is 1.42. The number of rotatable bonds is 3. The molecule has 1 amide bonds. The molecule has 2 aromatic carbocycles. The van der Waals surface area contributed by atoms with Gasteiger partial charge in [0.05, 0.1) is 4.47 Å². The summed E-state index contributed by atoms with van der Waals surface area (Å²) in [7, 11) is 0. The molecule has 1 N–H and O–H groups in total. The molecule has 5 heteroatoms. The molecule has 0 fully saturated rings. The molecule has 0 spiro atoms. The normalized spacial score (nSPS) is 11.0. The molecule has 2 rings (SSSR count). The standard InChI is InChI=1S/C18H14BrFN2O/c1-11-3-6-17(12(2)7-11)22-18(23)14(10-21)8-13-4-5-16(20)15(19)9-13/h3-9H,1-2H3,(H,22,23)/b14-8+. The largest absolute Gasteiger partial charge is 0.321 e. The molecule has 2 aromatic rings. The first-order valence-corrected chi connectivity index (χ1v) is 7.65. The number of amides is 1. The molecule has 116 valence electrons. The van der Waals surface area contributed by atoms with Gasteiger partial charge in [0.2, 0.25) is 0 Å². The Bertz CT molecular complexity index is 837. The monoisotopic (exact) mass is 372 g/mol. The molecule has 0 saturated carbocycles. The van der Waals surface area contributed by atoms with E-state index in [0.29, 0.717) is 11.3 Å². The smallest absolute Gasteiger partial charge is 0.266 e. The summed E-state index contributed by atoms with van der Waals surface area (Å²) in [5, 5.41) is 11.9. The molecule has 0 bridgehead atoms. The minimum Gasteiger partial charge on any atom is -0.321 e. The van der Waals surface area contributed by atoms with E-state index in [1.165, 1.54) is 24.3 Å². The highest BCUT2D eigenvalue weighted by atomic mass is 79.9. The van der Waals surface area contributed by atoms with Gasteiger partial charge in [0.1, 0.15) is 17.5 Å². The molecular formula is C18H14BrFN2O. The van der Waals surface area contributed by atoms with Crippen molar-refractivity contribution in [2.45, 2.75) is 13.8 Å². The molecular weight excluding hydrogens is 359 g/mol. The van der Waals surface area contributed by atoms with Gasteiger partial charge in [-0.3, -0.25) is 4.79 Å². The summed E-state index contributed by atoms with van der Waals surface area (Å²) in [5.41, 5.74) is 3.17. The van der Waals surface area contributed by atoms with Crippen LogP contribution in [0.15, 0.2) is 46.4 Å². The van der Waals surface area contributed by atoms with Gasteiger partial charge in [-0.15, -0.1) is 0 Å². The second-order valence-corrected chi connectivity index (χ2v) is 5.97. The van der Waals surface area contributed by atoms with E-state index < -0.39 is 11.7 Å². The number of nitrogens with one attached hydrogen (secondary N) is 1. The van der Waals surface area contributed by atoms with E-state index in [-0.39, 0.29) is 10.0 Å². The molecule has 0 saturated heterocycles. The number of carbonyl (C=O) groups is 1. The van der Waals surface area contributed by atoms with Gasteiger partial charge in [-0.1, -0.05) is 23.8 Å². The Kier molecular flexibility index (Phi) is 5.30. The molecule has 3 nitrogen and oxygen atoms in total. The van der Waals surface area contributed by atoms with Gasteiger partial charge in [-0.25, -0.2) is 4.39 Å². The molecule has 0 atom stereocenters. The Labute approximate surface area is 142 Å². The SMILES string of the molecule is Cc1ccc(NC(=O)/C(C#N)=C/c2ccc(F)c(Br)c2)c(C)c1. The van der Waals surface area contributed by atoms with Crippen molar-refractivity contribution in [1.82, 2.24) is 0 Å². The van der Waals surface area contributed by atoms with Crippen LogP contribution in [0.3, 0.4) is 0 Å². The number of benzene rings is 2. The number of hydrogen-bond acceptors (Lipinski definition) is 2. The van der Waals surface area contributed by atoms with Crippen LogP contribution in [0.25, 0.3) is 6.08 Å². The predicted molar refractivity (Wildman–Crippen MR) is 92.2 cm³/mol. The number of nitriles is 1. The third-order valence-corrected chi connectivity index (χ3v) is 3.86. The maximum absolute atomic E-state index is 13.2. The third kappa shape index (κ3) is 4.27. The van der Waals surface area contributed by atoms with Crippen LogP contribution in [-0.4, -0.2) is 5.91 Å². The van der Waals surface area contributed by atoms with E-state index in [0.717, 1.165) is 11.1 Å². The lowest BCUT2D eigenvalue weighted by Crippen LogP contribution is -2.14. The van der Waals surface area contributed by atoms with Crippen molar-refractivity contribution in [3.63, 3.8) is 0 Å². The Morgan fingerprint density at radius 1 is 1.26 bits per heavy atom. The Morgan fingerprint density at radius 2 is 2.00 bits per heavy atom. The minimum absolute atomic E-state index is 0.0523. The van der Waals surface area contributed by atoms with E-state index in [2.05, 4.69) is 21.2 Å². The minimum atomic E-state index is -0.500. The van der Waals surface area contributed by atoms with Crippen molar-refractivity contribution >= 4 is 33.6 Å². The number of nitrogens with zero attached hydrogens (tertiary/aromatic N) is 1. The number of hydrogen-bond donors (Lipinski definition) is 1. The fraction of sp³-hybridized carbons (Fsp3) is 0.111. The number of anilines is 1.